The van der Waals surface area contributed by atoms with E-state index in [1.165, 1.54) is 12.1 Å². The molecule has 0 saturated heterocycles. The third kappa shape index (κ3) is 3.44. The summed E-state index contributed by atoms with van der Waals surface area (Å²) in [7, 11) is 0. The molecule has 0 spiro atoms. The van der Waals surface area contributed by atoms with Gasteiger partial charge in [-0.1, -0.05) is 6.07 Å². The summed E-state index contributed by atoms with van der Waals surface area (Å²) >= 11 is 0. The number of carbonyl (C=O) groups is 1. The highest BCUT2D eigenvalue weighted by molar-refractivity contribution is 5.90. The minimum absolute atomic E-state index is 0.153. The summed E-state index contributed by atoms with van der Waals surface area (Å²) in [6.07, 6.45) is -1.05. The van der Waals surface area contributed by atoms with Crippen LogP contribution in [-0.2, 0) is 4.74 Å². The highest BCUT2D eigenvalue weighted by Crippen LogP contribution is 2.23. The van der Waals surface area contributed by atoms with Gasteiger partial charge in [-0.05, 0) is 19.1 Å². The van der Waals surface area contributed by atoms with Gasteiger partial charge in [0.25, 0.3) is 0 Å². The van der Waals surface area contributed by atoms with Crippen LogP contribution in [0, 0.1) is 0 Å². The van der Waals surface area contributed by atoms with Crippen molar-refractivity contribution in [2.45, 2.75) is 13.0 Å². The Hall–Kier alpha value is -2.38. The van der Waals surface area contributed by atoms with Crippen molar-refractivity contribution in [1.82, 2.24) is 0 Å². The number of fused-ring (bicyclic) bond motifs is 1. The number of benzene rings is 1. The van der Waals surface area contributed by atoms with E-state index in [-0.39, 0.29) is 35.7 Å². The molecule has 118 valence electrons. The summed E-state index contributed by atoms with van der Waals surface area (Å²) in [5.41, 5.74) is -0.287. The lowest BCUT2D eigenvalue weighted by Gasteiger charge is -2.11. The van der Waals surface area contributed by atoms with Crippen molar-refractivity contribution in [3.8, 4) is 5.75 Å². The van der Waals surface area contributed by atoms with Crippen LogP contribution < -0.4 is 10.2 Å². The maximum absolute atomic E-state index is 12.2. The van der Waals surface area contributed by atoms with Crippen LogP contribution in [0.15, 0.2) is 33.5 Å². The van der Waals surface area contributed by atoms with Crippen LogP contribution in [0.2, 0.25) is 0 Å². The highest BCUT2D eigenvalue weighted by atomic mass is 16.5. The lowest BCUT2D eigenvalue weighted by Crippen LogP contribution is -2.21. The summed E-state index contributed by atoms with van der Waals surface area (Å²) in [5.74, 6) is -0.704. The van der Waals surface area contributed by atoms with E-state index in [0.717, 1.165) is 6.07 Å². The molecule has 7 heteroatoms. The summed E-state index contributed by atoms with van der Waals surface area (Å²) in [4.78, 5) is 23.8. The van der Waals surface area contributed by atoms with Gasteiger partial charge in [-0.3, -0.25) is 4.79 Å². The molecule has 1 aromatic carbocycles. The van der Waals surface area contributed by atoms with E-state index in [2.05, 4.69) is 0 Å². The van der Waals surface area contributed by atoms with E-state index < -0.39 is 24.1 Å². The molecule has 0 bridgehead atoms. The van der Waals surface area contributed by atoms with Gasteiger partial charge in [0.1, 0.15) is 29.4 Å². The molecule has 2 aromatic rings. The Bertz CT molecular complexity index is 719. The second-order valence-corrected chi connectivity index (χ2v) is 4.47. The number of hydrogen-bond donors (Lipinski definition) is 2. The predicted octanol–water partition coefficient (Wildman–Crippen LogP) is 0.702. The average molecular weight is 308 g/mol. The second-order valence-electron chi connectivity index (χ2n) is 4.47. The summed E-state index contributed by atoms with van der Waals surface area (Å²) in [6.45, 7) is 1.19. The van der Waals surface area contributed by atoms with Crippen molar-refractivity contribution < 1.29 is 28.9 Å². The quantitative estimate of drug-likeness (QED) is 0.757. The van der Waals surface area contributed by atoms with E-state index in [9.17, 15) is 14.7 Å². The number of carbonyl (C=O) groups excluding carboxylic acids is 1. The topological polar surface area (TPSA) is 106 Å². The fraction of sp³-hybridized carbons (Fsp3) is 0.333. The monoisotopic (exact) mass is 308 g/mol. The standard InChI is InChI=1S/C15H16O7/c1-2-20-15(19)13-6-10(18)14-11(21-8-9(17)7-16)4-3-5-12(14)22-13/h3-6,9,16-17H,2,7-8H2,1H3. The number of ether oxygens (including phenoxy) is 2. The third-order valence-electron chi connectivity index (χ3n) is 2.84. The number of esters is 1. The minimum Gasteiger partial charge on any atom is -0.490 e. The molecule has 0 aliphatic carbocycles. The average Bonchev–Trinajstić information content (AvgIpc) is 2.52. The molecule has 1 atom stereocenters. The van der Waals surface area contributed by atoms with Gasteiger partial charge in [-0.2, -0.15) is 0 Å². The van der Waals surface area contributed by atoms with Gasteiger partial charge in [0.2, 0.25) is 5.76 Å². The number of hydrogen-bond acceptors (Lipinski definition) is 7. The van der Waals surface area contributed by atoms with Gasteiger partial charge < -0.3 is 24.1 Å². The fourth-order valence-corrected chi connectivity index (χ4v) is 1.84. The Morgan fingerprint density at radius 2 is 2.18 bits per heavy atom. The molecule has 1 unspecified atom stereocenters. The molecular formula is C15H16O7. The Labute approximate surface area is 125 Å². The van der Waals surface area contributed by atoms with E-state index in [1.54, 1.807) is 13.0 Å². The van der Waals surface area contributed by atoms with Crippen molar-refractivity contribution in [3.63, 3.8) is 0 Å². The molecular weight excluding hydrogens is 292 g/mol. The first-order valence-corrected chi connectivity index (χ1v) is 6.72. The minimum atomic E-state index is -1.05. The van der Waals surface area contributed by atoms with Crippen LogP contribution in [0.1, 0.15) is 17.5 Å². The molecule has 1 aromatic heterocycles. The van der Waals surface area contributed by atoms with Crippen molar-refractivity contribution >= 4 is 16.9 Å². The third-order valence-corrected chi connectivity index (χ3v) is 2.84. The normalized spacial score (nSPS) is 12.1. The van der Waals surface area contributed by atoms with Crippen molar-refractivity contribution in [3.05, 3.63) is 40.2 Å². The van der Waals surface area contributed by atoms with E-state index in [4.69, 9.17) is 19.0 Å². The lowest BCUT2D eigenvalue weighted by molar-refractivity contribution is 0.0490. The van der Waals surface area contributed by atoms with Gasteiger partial charge in [0.05, 0.1) is 13.2 Å². The van der Waals surface area contributed by atoms with Gasteiger partial charge in [0, 0.05) is 6.07 Å². The van der Waals surface area contributed by atoms with E-state index in [1.807, 2.05) is 0 Å². The van der Waals surface area contributed by atoms with Crippen molar-refractivity contribution in [2.24, 2.45) is 0 Å². The molecule has 7 nitrogen and oxygen atoms in total. The fourth-order valence-electron chi connectivity index (χ4n) is 1.84. The van der Waals surface area contributed by atoms with Gasteiger partial charge >= 0.3 is 5.97 Å². The summed E-state index contributed by atoms with van der Waals surface area (Å²) in [5, 5.41) is 18.2. The van der Waals surface area contributed by atoms with Crippen LogP contribution in [0.25, 0.3) is 11.0 Å². The molecule has 0 amide bonds. The maximum Gasteiger partial charge on any atom is 0.374 e. The molecule has 0 saturated carbocycles. The van der Waals surface area contributed by atoms with Crippen molar-refractivity contribution in [1.29, 1.82) is 0 Å². The number of aliphatic hydroxyl groups excluding tert-OH is 2. The van der Waals surface area contributed by atoms with Gasteiger partial charge in [-0.25, -0.2) is 4.79 Å². The predicted molar refractivity (Wildman–Crippen MR) is 77.0 cm³/mol. The second kappa shape index (κ2) is 7.06. The Kier molecular flexibility index (Phi) is 5.13. The van der Waals surface area contributed by atoms with Crippen LogP contribution in [0.3, 0.4) is 0 Å². The largest absolute Gasteiger partial charge is 0.490 e. The van der Waals surface area contributed by atoms with Crippen molar-refractivity contribution in [2.75, 3.05) is 19.8 Å². The molecule has 0 aliphatic heterocycles. The van der Waals surface area contributed by atoms with Gasteiger partial charge in [-0.15, -0.1) is 0 Å². The Morgan fingerprint density at radius 1 is 1.41 bits per heavy atom. The first kappa shape index (κ1) is 16.0. The highest BCUT2D eigenvalue weighted by Gasteiger charge is 2.16. The molecule has 2 N–H and O–H groups in total. The number of aliphatic hydroxyl groups is 2. The molecule has 2 rings (SSSR count). The first-order valence-electron chi connectivity index (χ1n) is 6.72. The van der Waals surface area contributed by atoms with Crippen LogP contribution in [0.4, 0.5) is 0 Å². The smallest absolute Gasteiger partial charge is 0.374 e. The Balaban J connectivity index is 2.41. The SMILES string of the molecule is CCOC(=O)c1cc(=O)c2c(OCC(O)CO)cccc2o1. The molecule has 0 radical (unpaired) electrons. The summed E-state index contributed by atoms with van der Waals surface area (Å²) < 4.78 is 15.5. The number of rotatable bonds is 6. The van der Waals surface area contributed by atoms with Crippen LogP contribution in [-0.4, -0.2) is 42.1 Å². The molecule has 0 aliphatic rings. The summed E-state index contributed by atoms with van der Waals surface area (Å²) in [6, 6.07) is 5.68. The lowest BCUT2D eigenvalue weighted by atomic mass is 10.2. The van der Waals surface area contributed by atoms with Crippen LogP contribution in [0.5, 0.6) is 5.75 Å². The Morgan fingerprint density at radius 3 is 2.86 bits per heavy atom. The van der Waals surface area contributed by atoms with Gasteiger partial charge in [0.15, 0.2) is 5.43 Å². The molecule has 0 fully saturated rings. The van der Waals surface area contributed by atoms with E-state index in [0.29, 0.717) is 0 Å². The molecule has 1 heterocycles. The van der Waals surface area contributed by atoms with Crippen LogP contribution >= 0.6 is 0 Å². The maximum atomic E-state index is 12.2. The zero-order chi connectivity index (χ0) is 16.1. The first-order chi connectivity index (χ1) is 10.6. The zero-order valence-electron chi connectivity index (χ0n) is 11.9. The van der Waals surface area contributed by atoms with E-state index >= 15 is 0 Å². The molecule has 22 heavy (non-hydrogen) atoms. The zero-order valence-corrected chi connectivity index (χ0v) is 11.9.